The first-order valence-electron chi connectivity index (χ1n) is 6.49. The van der Waals surface area contributed by atoms with Gasteiger partial charge < -0.3 is 3.90 Å². The zero-order chi connectivity index (χ0) is 14.4. The van der Waals surface area contributed by atoms with Crippen LogP contribution in [-0.4, -0.2) is 127 Å². The smallest absolute Gasteiger partial charge is 0.0625 e. The van der Waals surface area contributed by atoms with Gasteiger partial charge in [-0.3, -0.25) is 0 Å². The molecule has 0 atom stereocenters. The van der Waals surface area contributed by atoms with E-state index >= 15 is 0 Å². The van der Waals surface area contributed by atoms with Gasteiger partial charge in [0.25, 0.3) is 0 Å². The van der Waals surface area contributed by atoms with Crippen LogP contribution in [0.2, 0.25) is 14.4 Å². The van der Waals surface area contributed by atoms with E-state index in [9.17, 15) is 0 Å². The van der Waals surface area contributed by atoms with Gasteiger partial charge in [0.05, 0.1) is 31.2 Å². The van der Waals surface area contributed by atoms with Crippen molar-refractivity contribution in [1.82, 2.24) is 3.90 Å². The van der Waals surface area contributed by atoms with Gasteiger partial charge in [-0.1, -0.05) is 14.4 Å². The first-order chi connectivity index (χ1) is 6.88. The maximum absolute atomic E-state index is 2.42. The minimum atomic E-state index is 1.06. The Morgan fingerprint density at radius 2 is 0.812 bits per heavy atom. The molecular weight excluding hydrogens is 387 g/mol. The molecule has 104 valence electrons. The van der Waals surface area contributed by atoms with Crippen LogP contribution < -0.4 is 0 Å². The number of rotatable bonds is 0. The Hall–Kier alpha value is 2.56. The van der Waals surface area contributed by atoms with E-state index in [2.05, 4.69) is 3.90 Å². The lowest BCUT2D eigenvalue weighted by Gasteiger charge is -2.04. The van der Waals surface area contributed by atoms with E-state index in [0.717, 1.165) is 3.91 Å². The van der Waals surface area contributed by atoms with E-state index < -0.39 is 0 Å². The van der Waals surface area contributed by atoms with Gasteiger partial charge >= 0.3 is 0 Å². The highest BCUT2D eigenvalue weighted by atomic mass is 28.3. The maximum Gasteiger partial charge on any atom is 0.0625 e. The van der Waals surface area contributed by atoms with Crippen LogP contribution in [-0.2, 0) is 0 Å². The number of hydrogen-bond donors (Lipinski definition) is 0. The topological polar surface area (TPSA) is 3.24 Å². The third-order valence-electron chi connectivity index (χ3n) is 0. The van der Waals surface area contributed by atoms with Gasteiger partial charge in [0.1, 0.15) is 0 Å². The molecule has 0 saturated carbocycles. The Morgan fingerprint density at radius 1 is 0.812 bits per heavy atom. The van der Waals surface area contributed by atoms with Gasteiger partial charge in [0.2, 0.25) is 0 Å². The number of hydrogen-bond acceptors (Lipinski definition) is 1. The highest BCUT2D eigenvalue weighted by Crippen LogP contribution is 1.94. The lowest BCUT2D eigenvalue weighted by Crippen LogP contribution is -2.10. The van der Waals surface area contributed by atoms with Gasteiger partial charge in [0.15, 0.2) is 0 Å². The molecule has 0 aliphatic heterocycles. The SMILES string of the molecule is [SiH3]C([SiH3])([SiH3])[SiH3].[SiH3]C([SiH3])[SiH3].[SiH3]C[SiH3].[SiH3]N([SiH3])[SiH3]. The van der Waals surface area contributed by atoms with Crippen molar-refractivity contribution in [1.29, 1.82) is 0 Å². The van der Waals surface area contributed by atoms with E-state index in [1.807, 2.05) is 0 Å². The molecule has 0 amide bonds. The Morgan fingerprint density at radius 3 is 0.812 bits per heavy atom. The van der Waals surface area contributed by atoms with Crippen molar-refractivity contribution >= 4 is 123 Å². The van der Waals surface area contributed by atoms with Gasteiger partial charge in [-0.05, 0) is 92.2 Å². The largest absolute Gasteiger partial charge is 0.390 e. The first kappa shape index (κ1) is 27.0. The fourth-order valence-corrected chi connectivity index (χ4v) is 0. The molecule has 16 heavy (non-hydrogen) atoms. The molecule has 0 N–H and O–H groups in total. The quantitative estimate of drug-likeness (QED) is 0.348. The molecule has 0 aliphatic rings. The zero-order valence-corrected chi connectivity index (χ0v) is 38.2. The molecule has 13 heteroatoms. The molecule has 0 aromatic carbocycles. The molecule has 0 aromatic heterocycles. The van der Waals surface area contributed by atoms with Crippen molar-refractivity contribution in [2.75, 3.05) is 0 Å². The summed E-state index contributed by atoms with van der Waals surface area (Å²) >= 11 is 0. The van der Waals surface area contributed by atoms with Gasteiger partial charge in [-0.15, -0.1) is 0 Å². The Balaban J connectivity index is -0.0000000610. The lowest BCUT2D eigenvalue weighted by atomic mass is 11.8. The number of nitrogens with zero attached hydrogens (tertiary/aromatic N) is 1. The molecule has 0 spiro atoms. The van der Waals surface area contributed by atoms with Crippen molar-refractivity contribution in [2.45, 2.75) is 14.4 Å². The molecule has 0 unspecified atom stereocenters. The third-order valence-corrected chi connectivity index (χ3v) is 0. The Bertz CT molecular complexity index is 81.4. The molecular formula is C3H39NSi12. The van der Waals surface area contributed by atoms with Gasteiger partial charge in [0, 0.05) is 0 Å². The molecule has 0 aliphatic carbocycles. The molecule has 0 radical (unpaired) electrons. The summed E-state index contributed by atoms with van der Waals surface area (Å²) in [7, 11) is 17.2. The van der Waals surface area contributed by atoms with Crippen LogP contribution in [0.3, 0.4) is 0 Å². The summed E-state index contributed by atoms with van der Waals surface area (Å²) in [6.07, 6.45) is 0. The highest BCUT2D eigenvalue weighted by molar-refractivity contribution is 6.74. The summed E-state index contributed by atoms with van der Waals surface area (Å²) in [5.74, 6) is 0. The van der Waals surface area contributed by atoms with Gasteiger partial charge in [-0.25, -0.2) is 0 Å². The van der Waals surface area contributed by atoms with Crippen LogP contribution >= 0.6 is 0 Å². The third kappa shape index (κ3) is 611. The summed E-state index contributed by atoms with van der Waals surface area (Å²) < 4.78 is 3.47. The molecule has 0 heterocycles. The van der Waals surface area contributed by atoms with Gasteiger partial charge in [-0.2, -0.15) is 0 Å². The first-order valence-corrected chi connectivity index (χ1v) is 19.5. The van der Waals surface area contributed by atoms with Crippen LogP contribution in [0, 0.1) is 0 Å². The summed E-state index contributed by atoms with van der Waals surface area (Å²) in [4.78, 5) is 1.25. The summed E-state index contributed by atoms with van der Waals surface area (Å²) in [5.41, 5.74) is 1.53. The molecule has 0 aromatic rings. The fourth-order valence-electron chi connectivity index (χ4n) is 0. The minimum absolute atomic E-state index is 1.06. The monoisotopic (exact) mass is 425 g/mol. The Labute approximate surface area is 141 Å². The van der Waals surface area contributed by atoms with Crippen molar-refractivity contribution < 1.29 is 0 Å². The van der Waals surface area contributed by atoms with Crippen LogP contribution in [0.4, 0.5) is 0 Å². The summed E-state index contributed by atoms with van der Waals surface area (Å²) in [5, 5.41) is 0. The van der Waals surface area contributed by atoms with Crippen molar-refractivity contribution in [2.24, 2.45) is 0 Å². The normalized spacial score (nSPS) is 16.3. The average Bonchev–Trinajstić information content (AvgIpc) is 1.78. The van der Waals surface area contributed by atoms with E-state index in [1.54, 1.807) is 0 Å². The highest BCUT2D eigenvalue weighted by Gasteiger charge is 1.96. The molecule has 0 rings (SSSR count). The molecule has 0 saturated heterocycles. The summed E-state index contributed by atoms with van der Waals surface area (Å²) in [6, 6.07) is 0. The lowest BCUT2D eigenvalue weighted by molar-refractivity contribution is 1.18. The van der Waals surface area contributed by atoms with E-state index in [0.29, 0.717) is 0 Å². The van der Waals surface area contributed by atoms with Crippen molar-refractivity contribution in [3.63, 3.8) is 0 Å². The van der Waals surface area contributed by atoms with E-state index in [4.69, 9.17) is 0 Å². The molecule has 0 bridgehead atoms. The molecule has 1 nitrogen and oxygen atoms in total. The Kier molecular flexibility index (Phi) is 33.6. The predicted octanol–water partition coefficient (Wildman–Crippen LogP) is -13.5. The maximum atomic E-state index is 2.42. The van der Waals surface area contributed by atoms with E-state index in [1.165, 1.54) is 134 Å². The van der Waals surface area contributed by atoms with Crippen molar-refractivity contribution in [3.8, 4) is 0 Å². The summed E-state index contributed by atoms with van der Waals surface area (Å²) in [6.45, 7) is 0. The second kappa shape index (κ2) is 19.9. The minimum Gasteiger partial charge on any atom is -0.390 e. The van der Waals surface area contributed by atoms with Crippen LogP contribution in [0.25, 0.3) is 0 Å². The van der Waals surface area contributed by atoms with Crippen LogP contribution in [0.1, 0.15) is 0 Å². The second-order valence-electron chi connectivity index (χ2n) is 6.78. The van der Waals surface area contributed by atoms with Crippen LogP contribution in [0.5, 0.6) is 0 Å². The molecule has 0 fully saturated rings. The fraction of sp³-hybridized carbons (Fsp3) is 1.00. The zero-order valence-electron chi connectivity index (χ0n) is 14.2. The average molecular weight is 426 g/mol. The standard InChI is InChI=1S/CH12Si4.CH10Si3.CH8Si2.H9NSi3/c2-1(3,4)5;2-1(3)4;2-1-3;2-1(3)4/h2-5H3;1H,2-4H3;1H2,2-3H3;2-4H3. The van der Waals surface area contributed by atoms with Crippen LogP contribution in [0.15, 0.2) is 0 Å². The second-order valence-corrected chi connectivity index (χ2v) is 61.0. The van der Waals surface area contributed by atoms with Crippen molar-refractivity contribution in [3.05, 3.63) is 0 Å². The predicted molar refractivity (Wildman–Crippen MR) is 132 cm³/mol. The van der Waals surface area contributed by atoms with E-state index in [-0.39, 0.29) is 0 Å².